The van der Waals surface area contributed by atoms with E-state index in [4.69, 9.17) is 0 Å². The van der Waals surface area contributed by atoms with Crippen LogP contribution in [0.4, 0.5) is 0 Å². The van der Waals surface area contributed by atoms with Crippen molar-refractivity contribution in [2.75, 3.05) is 13.6 Å². The number of likely N-dealkylation sites (N-methyl/N-ethyl adjacent to an activating group) is 1. The van der Waals surface area contributed by atoms with Crippen LogP contribution in [0.1, 0.15) is 55.4 Å². The lowest BCUT2D eigenvalue weighted by Gasteiger charge is -2.39. The van der Waals surface area contributed by atoms with Gasteiger partial charge in [0.25, 0.3) is 0 Å². The van der Waals surface area contributed by atoms with Gasteiger partial charge in [0.1, 0.15) is 0 Å². The van der Waals surface area contributed by atoms with Crippen molar-refractivity contribution in [2.45, 2.75) is 51.4 Å². The summed E-state index contributed by atoms with van der Waals surface area (Å²) in [7, 11) is 2.03. The molecule has 0 aliphatic heterocycles. The number of benzene rings is 2. The fraction of sp³-hybridized carbons (Fsp3) is 0.417. The lowest BCUT2D eigenvalue weighted by Crippen LogP contribution is -2.32. The van der Waals surface area contributed by atoms with Gasteiger partial charge in [0.15, 0.2) is 0 Å². The number of hydrogen-bond donors (Lipinski definition) is 1. The molecule has 0 amide bonds. The van der Waals surface area contributed by atoms with Crippen LogP contribution in [0.2, 0.25) is 0 Å². The Balaban J connectivity index is 2.34. The van der Waals surface area contributed by atoms with Crippen molar-refractivity contribution in [2.24, 2.45) is 0 Å². The quantitative estimate of drug-likeness (QED) is 0.695. The van der Waals surface area contributed by atoms with E-state index in [1.807, 2.05) is 7.05 Å². The predicted molar refractivity (Wildman–Crippen MR) is 108 cm³/mol. The van der Waals surface area contributed by atoms with E-state index in [0.29, 0.717) is 0 Å². The third-order valence-electron chi connectivity index (χ3n) is 5.72. The Bertz CT molecular complexity index is 694. The lowest BCUT2D eigenvalue weighted by molar-refractivity contribution is 0.520. The van der Waals surface area contributed by atoms with Gasteiger partial charge in [0.2, 0.25) is 0 Å². The summed E-state index contributed by atoms with van der Waals surface area (Å²) in [5.41, 5.74) is 7.69. The Morgan fingerprint density at radius 3 is 2.00 bits per heavy atom. The molecule has 1 aliphatic rings. The average molecular weight is 334 g/mol. The van der Waals surface area contributed by atoms with Crippen molar-refractivity contribution in [1.29, 1.82) is 0 Å². The largest absolute Gasteiger partial charge is 0.316 e. The molecule has 0 unspecified atom stereocenters. The van der Waals surface area contributed by atoms with Crippen LogP contribution in [0.15, 0.2) is 60.2 Å². The first kappa shape index (κ1) is 17.9. The highest BCUT2D eigenvalue weighted by atomic mass is 14.8. The van der Waals surface area contributed by atoms with Crippen molar-refractivity contribution < 1.29 is 0 Å². The van der Waals surface area contributed by atoms with Crippen molar-refractivity contribution >= 4 is 0 Å². The molecule has 0 aromatic heterocycles. The zero-order valence-electron chi connectivity index (χ0n) is 15.9. The van der Waals surface area contributed by atoms with Gasteiger partial charge in [-0.15, -0.1) is 0 Å². The van der Waals surface area contributed by atoms with E-state index >= 15 is 0 Å². The molecule has 1 heteroatoms. The summed E-state index contributed by atoms with van der Waals surface area (Å²) < 4.78 is 0. The Morgan fingerprint density at radius 1 is 0.960 bits per heavy atom. The molecule has 1 nitrogen and oxygen atoms in total. The van der Waals surface area contributed by atoms with Crippen LogP contribution < -0.4 is 5.32 Å². The van der Waals surface area contributed by atoms with Gasteiger partial charge in [-0.05, 0) is 55.0 Å². The van der Waals surface area contributed by atoms with Crippen LogP contribution in [0.5, 0.6) is 0 Å². The average Bonchev–Trinajstić information content (AvgIpc) is 2.79. The molecule has 0 atom stereocenters. The van der Waals surface area contributed by atoms with Gasteiger partial charge in [0, 0.05) is 12.0 Å². The van der Waals surface area contributed by atoms with Gasteiger partial charge in [-0.3, -0.25) is 0 Å². The molecule has 3 rings (SSSR count). The van der Waals surface area contributed by atoms with Gasteiger partial charge in [-0.1, -0.05) is 80.4 Å². The fourth-order valence-electron chi connectivity index (χ4n) is 4.72. The van der Waals surface area contributed by atoms with Crippen LogP contribution in [0, 0.1) is 0 Å². The van der Waals surface area contributed by atoms with Crippen molar-refractivity contribution in [1.82, 2.24) is 5.32 Å². The fourth-order valence-corrected chi connectivity index (χ4v) is 4.72. The lowest BCUT2D eigenvalue weighted by atomic mass is 9.64. The predicted octanol–water partition coefficient (Wildman–Crippen LogP) is 5.43. The van der Waals surface area contributed by atoms with Crippen LogP contribution in [-0.4, -0.2) is 13.6 Å². The van der Waals surface area contributed by atoms with E-state index < -0.39 is 0 Å². The van der Waals surface area contributed by atoms with Crippen molar-refractivity contribution in [3.05, 3.63) is 82.4 Å². The molecule has 0 saturated carbocycles. The van der Waals surface area contributed by atoms with Crippen LogP contribution >= 0.6 is 0 Å². The Kier molecular flexibility index (Phi) is 5.75. The maximum atomic E-state index is 3.32. The second-order valence-electron chi connectivity index (χ2n) is 7.11. The molecule has 132 valence electrons. The van der Waals surface area contributed by atoms with Crippen LogP contribution in [0.3, 0.4) is 0 Å². The number of rotatable bonds is 6. The number of aryl methyl sites for hydroxylation is 2. The summed E-state index contributed by atoms with van der Waals surface area (Å²) in [5, 5.41) is 3.32. The zero-order chi connectivity index (χ0) is 17.7. The van der Waals surface area contributed by atoms with Gasteiger partial charge in [-0.2, -0.15) is 0 Å². The molecule has 25 heavy (non-hydrogen) atoms. The highest BCUT2D eigenvalue weighted by Gasteiger charge is 2.40. The third-order valence-corrected chi connectivity index (χ3v) is 5.72. The van der Waals surface area contributed by atoms with E-state index in [1.54, 1.807) is 5.57 Å². The molecule has 2 aromatic rings. The Labute approximate surface area is 153 Å². The molecule has 1 aliphatic carbocycles. The smallest absolute Gasteiger partial charge is 0.0416 e. The molecular formula is C24H31N. The zero-order valence-corrected chi connectivity index (χ0v) is 15.9. The molecule has 0 radical (unpaired) electrons. The second kappa shape index (κ2) is 8.01. The first-order valence-electron chi connectivity index (χ1n) is 9.78. The minimum absolute atomic E-state index is 0.0179. The molecular weight excluding hydrogens is 302 g/mol. The first-order chi connectivity index (χ1) is 12.3. The molecule has 0 saturated heterocycles. The molecule has 0 spiro atoms. The molecule has 0 heterocycles. The number of allylic oxidation sites excluding steroid dienone is 1. The molecule has 0 fully saturated rings. The van der Waals surface area contributed by atoms with Crippen molar-refractivity contribution in [3.8, 4) is 0 Å². The maximum Gasteiger partial charge on any atom is 0.0416 e. The first-order valence-corrected chi connectivity index (χ1v) is 9.78. The van der Waals surface area contributed by atoms with E-state index in [2.05, 4.69) is 73.8 Å². The standard InChI is InChI=1S/C24H31N/c1-4-17-24(21(5-2)16-18-25-3)22-12-8-6-10-19(22)14-15-20-11-7-9-13-23(20)24/h6-13,16,25H,4-5,14-15,17-18H2,1-3H3/b21-16+. The van der Waals surface area contributed by atoms with Gasteiger partial charge in [0.05, 0.1) is 0 Å². The summed E-state index contributed by atoms with van der Waals surface area (Å²) in [6, 6.07) is 18.3. The van der Waals surface area contributed by atoms with Gasteiger partial charge >= 0.3 is 0 Å². The van der Waals surface area contributed by atoms with E-state index in [0.717, 1.165) is 25.8 Å². The van der Waals surface area contributed by atoms with Crippen LogP contribution in [0.25, 0.3) is 0 Å². The minimum atomic E-state index is 0.0179. The van der Waals surface area contributed by atoms with Gasteiger partial charge in [-0.25, -0.2) is 0 Å². The number of fused-ring (bicyclic) bond motifs is 2. The summed E-state index contributed by atoms with van der Waals surface area (Å²) >= 11 is 0. The Morgan fingerprint density at radius 2 is 1.52 bits per heavy atom. The molecule has 0 bridgehead atoms. The van der Waals surface area contributed by atoms with E-state index in [-0.39, 0.29) is 5.41 Å². The number of nitrogens with one attached hydrogen (secondary N) is 1. The third kappa shape index (κ3) is 3.18. The highest BCUT2D eigenvalue weighted by Crippen LogP contribution is 2.48. The van der Waals surface area contributed by atoms with E-state index in [9.17, 15) is 0 Å². The topological polar surface area (TPSA) is 12.0 Å². The molecule has 1 N–H and O–H groups in total. The normalized spacial score (nSPS) is 16.0. The Hall–Kier alpha value is -1.86. The number of hydrogen-bond acceptors (Lipinski definition) is 1. The minimum Gasteiger partial charge on any atom is -0.316 e. The summed E-state index contributed by atoms with van der Waals surface area (Å²) in [6.45, 7) is 5.57. The van der Waals surface area contributed by atoms with Crippen LogP contribution in [-0.2, 0) is 18.3 Å². The summed E-state index contributed by atoms with van der Waals surface area (Å²) in [6.07, 6.45) is 8.16. The van der Waals surface area contributed by atoms with Crippen molar-refractivity contribution in [3.63, 3.8) is 0 Å². The highest BCUT2D eigenvalue weighted by molar-refractivity contribution is 5.56. The van der Waals surface area contributed by atoms with E-state index in [1.165, 1.54) is 35.1 Å². The summed E-state index contributed by atoms with van der Waals surface area (Å²) in [5.74, 6) is 0. The second-order valence-corrected chi connectivity index (χ2v) is 7.11. The SMILES string of the molecule is CCCC1(/C(=C/CNC)CC)c2ccccc2CCc2ccccc21. The maximum absolute atomic E-state index is 3.32. The summed E-state index contributed by atoms with van der Waals surface area (Å²) in [4.78, 5) is 0. The monoisotopic (exact) mass is 333 g/mol. The van der Waals surface area contributed by atoms with Gasteiger partial charge < -0.3 is 5.32 Å². The molecule has 2 aromatic carbocycles.